The van der Waals surface area contributed by atoms with Crippen molar-refractivity contribution in [1.82, 2.24) is 5.32 Å². The van der Waals surface area contributed by atoms with Crippen LogP contribution in [0.25, 0.3) is 0 Å². The van der Waals surface area contributed by atoms with Crippen LogP contribution >= 0.6 is 0 Å². The van der Waals surface area contributed by atoms with Crippen molar-refractivity contribution in [1.29, 1.82) is 0 Å². The first-order chi connectivity index (χ1) is 20.1. The minimum absolute atomic E-state index is 0.0298. The van der Waals surface area contributed by atoms with E-state index in [0.29, 0.717) is 44.1 Å². The predicted octanol–water partition coefficient (Wildman–Crippen LogP) is 3.84. The number of rotatable bonds is 10. The Hall–Kier alpha value is -2.58. The first-order valence-electron chi connectivity index (χ1n) is 14.9. The molecule has 1 aromatic rings. The second kappa shape index (κ2) is 16.9. The van der Waals surface area contributed by atoms with Crippen LogP contribution in [0.15, 0.2) is 54.1 Å². The van der Waals surface area contributed by atoms with Gasteiger partial charge in [-0.25, -0.2) is 0 Å². The summed E-state index contributed by atoms with van der Waals surface area (Å²) in [5.74, 6) is -1.69. The summed E-state index contributed by atoms with van der Waals surface area (Å²) >= 11 is -0.113. The molecule has 2 amide bonds. The normalized spacial score (nSPS) is 28.2. The van der Waals surface area contributed by atoms with Gasteiger partial charge in [-0.2, -0.15) is 0 Å². The van der Waals surface area contributed by atoms with Gasteiger partial charge in [0.05, 0.1) is 0 Å². The number of allylic oxidation sites excluding steroid dienone is 2. The van der Waals surface area contributed by atoms with E-state index in [1.54, 1.807) is 7.11 Å². The average molecular weight is 647 g/mol. The molecule has 8 nitrogen and oxygen atoms in total. The SMILES string of the molecule is CO[C@H]1/C=C/CCCC([Se]c2ccccc2)C(=O)OC(/C(C)=C/[C@H](C)C(=O)CCCC2CC(=O)NC(=O)C2)[C@@H](C)[C@@H]1O. The third kappa shape index (κ3) is 10.3. The summed E-state index contributed by atoms with van der Waals surface area (Å²) in [7, 11) is 1.55. The van der Waals surface area contributed by atoms with Crippen LogP contribution < -0.4 is 9.78 Å². The second-order valence-corrected chi connectivity index (χ2v) is 14.2. The molecule has 1 aromatic carbocycles. The van der Waals surface area contributed by atoms with E-state index >= 15 is 0 Å². The van der Waals surface area contributed by atoms with Crippen LogP contribution in [0.2, 0.25) is 4.82 Å². The Labute approximate surface area is 255 Å². The molecule has 0 aromatic heterocycles. The Morgan fingerprint density at radius 2 is 1.88 bits per heavy atom. The van der Waals surface area contributed by atoms with Gasteiger partial charge in [-0.1, -0.05) is 0 Å². The molecule has 2 unspecified atom stereocenters. The Bertz CT molecular complexity index is 1120. The fourth-order valence-corrected chi connectivity index (χ4v) is 7.86. The number of methoxy groups -OCH3 is 1. The minimum atomic E-state index is -0.925. The summed E-state index contributed by atoms with van der Waals surface area (Å²) in [4.78, 5) is 49.7. The third-order valence-corrected chi connectivity index (χ3v) is 10.7. The van der Waals surface area contributed by atoms with Crippen molar-refractivity contribution in [3.8, 4) is 0 Å². The van der Waals surface area contributed by atoms with Gasteiger partial charge in [-0.3, -0.25) is 14.9 Å². The topological polar surface area (TPSA) is 119 Å². The number of aliphatic hydroxyl groups excluding tert-OH is 1. The molecular formula is C33H45NO7Se. The van der Waals surface area contributed by atoms with Gasteiger partial charge in [0.1, 0.15) is 0 Å². The predicted molar refractivity (Wildman–Crippen MR) is 162 cm³/mol. The maximum absolute atomic E-state index is 13.6. The molecule has 9 heteroatoms. The van der Waals surface area contributed by atoms with Gasteiger partial charge in [-0.05, 0) is 0 Å². The molecule has 0 saturated carbocycles. The Morgan fingerprint density at radius 1 is 1.19 bits per heavy atom. The van der Waals surface area contributed by atoms with E-state index in [0.717, 1.165) is 17.3 Å². The molecule has 3 rings (SSSR count). The monoisotopic (exact) mass is 647 g/mol. The summed E-state index contributed by atoms with van der Waals surface area (Å²) in [5.41, 5.74) is 0.715. The van der Waals surface area contributed by atoms with Crippen molar-refractivity contribution >= 4 is 43.0 Å². The van der Waals surface area contributed by atoms with Crippen LogP contribution in [0.4, 0.5) is 0 Å². The van der Waals surface area contributed by atoms with Gasteiger partial charge in [0, 0.05) is 12.8 Å². The number of benzene rings is 1. The molecule has 2 heterocycles. The molecule has 1 fully saturated rings. The standard InChI is InChI=1S/C33H45NO7Se/c1-21(26(35)15-11-12-24-19-29(36)34-30(37)20-24)18-22(2)32-23(3)31(38)27(40-4)16-9-6-10-17-28(33(39)41-32)42-25-13-7-5-8-14-25/h5,7-9,13-14,16,18,21,23-24,27-28,31-32,38H,6,10-12,15,17,19-20H2,1-4H3,(H,34,36,37)/b16-9+,22-18+/t21-,23-,27-,28?,31-,32?/m0/s1. The van der Waals surface area contributed by atoms with Crippen molar-refractivity contribution in [2.45, 2.75) is 95.3 Å². The number of amides is 2. The number of imide groups is 1. The van der Waals surface area contributed by atoms with E-state index in [1.165, 1.54) is 0 Å². The number of hydrogen-bond donors (Lipinski definition) is 2. The van der Waals surface area contributed by atoms with Crippen molar-refractivity contribution < 1.29 is 33.8 Å². The molecule has 2 N–H and O–H groups in total. The molecule has 0 bridgehead atoms. The van der Waals surface area contributed by atoms with Gasteiger partial charge in [0.25, 0.3) is 0 Å². The van der Waals surface area contributed by atoms with E-state index < -0.39 is 30.1 Å². The maximum atomic E-state index is 13.6. The van der Waals surface area contributed by atoms with Gasteiger partial charge < -0.3 is 0 Å². The Kier molecular flexibility index (Phi) is 13.6. The number of hydrogen-bond acceptors (Lipinski definition) is 7. The van der Waals surface area contributed by atoms with Crippen LogP contribution in [-0.4, -0.2) is 69.1 Å². The zero-order valence-electron chi connectivity index (χ0n) is 25.1. The number of carbonyl (C=O) groups excluding carboxylic acids is 4. The first-order valence-corrected chi connectivity index (χ1v) is 16.8. The Morgan fingerprint density at radius 3 is 2.55 bits per heavy atom. The summed E-state index contributed by atoms with van der Waals surface area (Å²) < 4.78 is 12.9. The van der Waals surface area contributed by atoms with E-state index in [1.807, 2.05) is 69.3 Å². The third-order valence-electron chi connectivity index (χ3n) is 8.05. The molecule has 0 aliphatic carbocycles. The number of esters is 1. The number of ketones is 1. The van der Waals surface area contributed by atoms with Crippen LogP contribution in [0.5, 0.6) is 0 Å². The number of nitrogens with one attached hydrogen (secondary N) is 1. The van der Waals surface area contributed by atoms with Crippen LogP contribution in [0.3, 0.4) is 0 Å². The molecule has 6 atom stereocenters. The first kappa shape index (κ1) is 33.9. The fraction of sp³-hybridized carbons (Fsp3) is 0.576. The van der Waals surface area contributed by atoms with E-state index in [2.05, 4.69) is 5.32 Å². The molecule has 2 aliphatic rings. The van der Waals surface area contributed by atoms with Crippen molar-refractivity contribution in [2.24, 2.45) is 17.8 Å². The van der Waals surface area contributed by atoms with Crippen molar-refractivity contribution in [2.75, 3.05) is 7.11 Å². The van der Waals surface area contributed by atoms with E-state index in [9.17, 15) is 24.3 Å². The van der Waals surface area contributed by atoms with Crippen molar-refractivity contribution in [3.05, 3.63) is 54.1 Å². The number of aliphatic hydroxyl groups is 1. The van der Waals surface area contributed by atoms with Gasteiger partial charge >= 0.3 is 217 Å². The van der Waals surface area contributed by atoms with Gasteiger partial charge in [-0.15, -0.1) is 0 Å². The van der Waals surface area contributed by atoms with Crippen LogP contribution in [0.1, 0.15) is 72.1 Å². The fourth-order valence-electron chi connectivity index (χ4n) is 5.60. The Balaban J connectivity index is 1.74. The quantitative estimate of drug-likeness (QED) is 0.172. The number of ether oxygens (including phenoxy) is 2. The molecule has 1 saturated heterocycles. The van der Waals surface area contributed by atoms with E-state index in [4.69, 9.17) is 9.47 Å². The molecule has 42 heavy (non-hydrogen) atoms. The molecule has 0 spiro atoms. The average Bonchev–Trinajstić information content (AvgIpc) is 2.95. The zero-order valence-corrected chi connectivity index (χ0v) is 26.8. The van der Waals surface area contributed by atoms with Gasteiger partial charge in [0.15, 0.2) is 0 Å². The molecular weight excluding hydrogens is 601 g/mol. The van der Waals surface area contributed by atoms with Crippen LogP contribution in [0, 0.1) is 17.8 Å². The molecule has 2 aliphatic heterocycles. The molecule has 230 valence electrons. The zero-order chi connectivity index (χ0) is 30.6. The summed E-state index contributed by atoms with van der Waals surface area (Å²) in [6.45, 7) is 5.51. The second-order valence-electron chi connectivity index (χ2n) is 11.5. The van der Waals surface area contributed by atoms with Crippen LogP contribution in [-0.2, 0) is 28.7 Å². The van der Waals surface area contributed by atoms with E-state index in [-0.39, 0.29) is 49.3 Å². The summed E-state index contributed by atoms with van der Waals surface area (Å²) in [6, 6.07) is 9.99. The summed E-state index contributed by atoms with van der Waals surface area (Å²) in [6.07, 6.45) is 8.01. The number of carbonyl (C=O) groups is 4. The molecule has 0 radical (unpaired) electrons. The number of piperidine rings is 1. The number of Topliss-reactive ketones (excluding diaryl/α,β-unsaturated/α-hetero) is 1. The van der Waals surface area contributed by atoms with Crippen molar-refractivity contribution in [3.63, 3.8) is 0 Å². The number of cyclic esters (lactones) is 1. The summed E-state index contributed by atoms with van der Waals surface area (Å²) in [5, 5.41) is 13.6. The van der Waals surface area contributed by atoms with Gasteiger partial charge in [0.2, 0.25) is 11.8 Å².